The molecule has 3 heteroatoms. The van der Waals surface area contributed by atoms with Crippen molar-refractivity contribution in [2.75, 3.05) is 19.6 Å². The lowest BCUT2D eigenvalue weighted by molar-refractivity contribution is 0.496. The van der Waals surface area contributed by atoms with E-state index in [2.05, 4.69) is 41.6 Å². The molecule has 0 amide bonds. The summed E-state index contributed by atoms with van der Waals surface area (Å²) in [4.78, 5) is 4.02. The van der Waals surface area contributed by atoms with E-state index in [0.717, 1.165) is 26.1 Å². The van der Waals surface area contributed by atoms with Crippen molar-refractivity contribution in [3.63, 3.8) is 0 Å². The number of pyridine rings is 1. The standard InChI is InChI=1S/C14H25N3/c1-3-8-16-12-13(2)17-9-4-5-14-6-10-15-11-7-14/h6-7,10-11,13,16-17H,3-5,8-9,12H2,1-2H3. The van der Waals surface area contributed by atoms with Crippen LogP contribution in [-0.4, -0.2) is 30.7 Å². The second-order valence-electron chi connectivity index (χ2n) is 4.52. The normalized spacial score (nSPS) is 12.6. The molecule has 1 aromatic rings. The van der Waals surface area contributed by atoms with Crippen LogP contribution in [0.25, 0.3) is 0 Å². The van der Waals surface area contributed by atoms with Gasteiger partial charge in [-0.25, -0.2) is 0 Å². The van der Waals surface area contributed by atoms with E-state index in [0.29, 0.717) is 6.04 Å². The van der Waals surface area contributed by atoms with Crippen LogP contribution < -0.4 is 10.6 Å². The minimum Gasteiger partial charge on any atom is -0.315 e. The highest BCUT2D eigenvalue weighted by atomic mass is 15.0. The lowest BCUT2D eigenvalue weighted by Gasteiger charge is -2.14. The van der Waals surface area contributed by atoms with Gasteiger partial charge in [-0.2, -0.15) is 0 Å². The van der Waals surface area contributed by atoms with Crippen LogP contribution in [0.1, 0.15) is 32.3 Å². The number of aryl methyl sites for hydroxylation is 1. The Balaban J connectivity index is 2.00. The van der Waals surface area contributed by atoms with Crippen LogP contribution in [0.4, 0.5) is 0 Å². The van der Waals surface area contributed by atoms with Gasteiger partial charge in [-0.3, -0.25) is 4.98 Å². The van der Waals surface area contributed by atoms with Crippen LogP contribution in [0.5, 0.6) is 0 Å². The van der Waals surface area contributed by atoms with E-state index in [-0.39, 0.29) is 0 Å². The van der Waals surface area contributed by atoms with Crippen LogP contribution in [0.3, 0.4) is 0 Å². The predicted molar refractivity (Wildman–Crippen MR) is 73.2 cm³/mol. The third-order valence-electron chi connectivity index (χ3n) is 2.76. The first kappa shape index (κ1) is 14.1. The molecule has 0 radical (unpaired) electrons. The van der Waals surface area contributed by atoms with Gasteiger partial charge in [0.05, 0.1) is 0 Å². The molecule has 1 rings (SSSR count). The van der Waals surface area contributed by atoms with E-state index in [4.69, 9.17) is 0 Å². The molecule has 0 aliphatic carbocycles. The highest BCUT2D eigenvalue weighted by Crippen LogP contribution is 1.99. The minimum atomic E-state index is 0.555. The van der Waals surface area contributed by atoms with Gasteiger partial charge >= 0.3 is 0 Å². The monoisotopic (exact) mass is 235 g/mol. The maximum Gasteiger partial charge on any atom is 0.0270 e. The fraction of sp³-hybridized carbons (Fsp3) is 0.643. The predicted octanol–water partition coefficient (Wildman–Crippen LogP) is 1.99. The third kappa shape index (κ3) is 7.08. The van der Waals surface area contributed by atoms with Crippen molar-refractivity contribution in [3.8, 4) is 0 Å². The largest absolute Gasteiger partial charge is 0.315 e. The van der Waals surface area contributed by atoms with Crippen molar-refractivity contribution in [3.05, 3.63) is 30.1 Å². The first-order valence-electron chi connectivity index (χ1n) is 6.66. The minimum absolute atomic E-state index is 0.555. The van der Waals surface area contributed by atoms with Crippen LogP contribution in [-0.2, 0) is 6.42 Å². The second-order valence-corrected chi connectivity index (χ2v) is 4.52. The highest BCUT2D eigenvalue weighted by Gasteiger charge is 1.99. The molecule has 0 bridgehead atoms. The molecule has 1 unspecified atom stereocenters. The maximum absolute atomic E-state index is 4.02. The SMILES string of the molecule is CCCNCC(C)NCCCc1ccncc1. The number of hydrogen-bond donors (Lipinski definition) is 2. The van der Waals surface area contributed by atoms with Gasteiger partial charge in [-0.1, -0.05) is 6.92 Å². The van der Waals surface area contributed by atoms with Crippen LogP contribution in [0.15, 0.2) is 24.5 Å². The summed E-state index contributed by atoms with van der Waals surface area (Å²) < 4.78 is 0. The highest BCUT2D eigenvalue weighted by molar-refractivity contribution is 5.09. The van der Waals surface area contributed by atoms with E-state index in [1.165, 1.54) is 18.4 Å². The molecule has 3 nitrogen and oxygen atoms in total. The molecule has 17 heavy (non-hydrogen) atoms. The first-order chi connectivity index (χ1) is 8.33. The van der Waals surface area contributed by atoms with Gasteiger partial charge in [0, 0.05) is 25.0 Å². The summed E-state index contributed by atoms with van der Waals surface area (Å²) in [6.07, 6.45) is 7.24. The first-order valence-corrected chi connectivity index (χ1v) is 6.66. The van der Waals surface area contributed by atoms with Crippen molar-refractivity contribution in [1.82, 2.24) is 15.6 Å². The van der Waals surface area contributed by atoms with Gasteiger partial charge < -0.3 is 10.6 Å². The third-order valence-corrected chi connectivity index (χ3v) is 2.76. The molecular weight excluding hydrogens is 210 g/mol. The van der Waals surface area contributed by atoms with Gasteiger partial charge in [-0.05, 0) is 57.0 Å². The average molecular weight is 235 g/mol. The van der Waals surface area contributed by atoms with E-state index in [1.54, 1.807) is 0 Å². The number of aromatic nitrogens is 1. The molecule has 2 N–H and O–H groups in total. The van der Waals surface area contributed by atoms with Crippen molar-refractivity contribution in [2.45, 2.75) is 39.2 Å². The Labute approximate surface area is 105 Å². The van der Waals surface area contributed by atoms with E-state index in [9.17, 15) is 0 Å². The number of hydrogen-bond acceptors (Lipinski definition) is 3. The Bertz CT molecular complexity index is 274. The molecule has 0 spiro atoms. The molecule has 1 aromatic heterocycles. The smallest absolute Gasteiger partial charge is 0.0270 e. The summed E-state index contributed by atoms with van der Waals surface area (Å²) in [6, 6.07) is 4.73. The Kier molecular flexibility index (Phi) is 7.60. The molecule has 0 fully saturated rings. The van der Waals surface area contributed by atoms with Gasteiger partial charge in [0.15, 0.2) is 0 Å². The molecule has 0 aliphatic heterocycles. The maximum atomic E-state index is 4.02. The molecule has 0 aliphatic rings. The fourth-order valence-corrected chi connectivity index (χ4v) is 1.76. The lowest BCUT2D eigenvalue weighted by atomic mass is 10.1. The number of nitrogens with zero attached hydrogens (tertiary/aromatic N) is 1. The Hall–Kier alpha value is -0.930. The van der Waals surface area contributed by atoms with Crippen molar-refractivity contribution in [1.29, 1.82) is 0 Å². The van der Waals surface area contributed by atoms with E-state index >= 15 is 0 Å². The van der Waals surface area contributed by atoms with E-state index < -0.39 is 0 Å². The summed E-state index contributed by atoms with van der Waals surface area (Å²) in [7, 11) is 0. The lowest BCUT2D eigenvalue weighted by Crippen LogP contribution is -2.37. The molecule has 0 aromatic carbocycles. The van der Waals surface area contributed by atoms with Gasteiger partial charge in [-0.15, -0.1) is 0 Å². The van der Waals surface area contributed by atoms with Crippen molar-refractivity contribution in [2.24, 2.45) is 0 Å². The Morgan fingerprint density at radius 3 is 2.71 bits per heavy atom. The molecule has 0 saturated heterocycles. The van der Waals surface area contributed by atoms with Crippen LogP contribution >= 0.6 is 0 Å². The molecule has 1 heterocycles. The van der Waals surface area contributed by atoms with Crippen molar-refractivity contribution >= 4 is 0 Å². The summed E-state index contributed by atoms with van der Waals surface area (Å²) >= 11 is 0. The zero-order valence-electron chi connectivity index (χ0n) is 11.1. The molecule has 96 valence electrons. The van der Waals surface area contributed by atoms with E-state index in [1.807, 2.05) is 12.4 Å². The number of nitrogens with one attached hydrogen (secondary N) is 2. The van der Waals surface area contributed by atoms with Gasteiger partial charge in [0.25, 0.3) is 0 Å². The summed E-state index contributed by atoms with van der Waals surface area (Å²) in [5.74, 6) is 0. The van der Waals surface area contributed by atoms with Gasteiger partial charge in [0.1, 0.15) is 0 Å². The molecule has 0 saturated carbocycles. The van der Waals surface area contributed by atoms with Gasteiger partial charge in [0.2, 0.25) is 0 Å². The quantitative estimate of drug-likeness (QED) is 0.643. The summed E-state index contributed by atoms with van der Waals surface area (Å²) in [6.45, 7) is 7.68. The Morgan fingerprint density at radius 1 is 1.24 bits per heavy atom. The zero-order valence-corrected chi connectivity index (χ0v) is 11.1. The second kappa shape index (κ2) is 9.14. The summed E-state index contributed by atoms with van der Waals surface area (Å²) in [5.41, 5.74) is 1.37. The van der Waals surface area contributed by atoms with Crippen LogP contribution in [0.2, 0.25) is 0 Å². The Morgan fingerprint density at radius 2 is 2.00 bits per heavy atom. The topological polar surface area (TPSA) is 37.0 Å². The zero-order chi connectivity index (χ0) is 12.3. The van der Waals surface area contributed by atoms with Crippen LogP contribution in [0, 0.1) is 0 Å². The average Bonchev–Trinajstić information content (AvgIpc) is 2.36. The number of rotatable bonds is 9. The molecule has 1 atom stereocenters. The molecular formula is C14H25N3. The fourth-order valence-electron chi connectivity index (χ4n) is 1.76. The van der Waals surface area contributed by atoms with Crippen molar-refractivity contribution < 1.29 is 0 Å². The summed E-state index contributed by atoms with van der Waals surface area (Å²) in [5, 5.41) is 6.96.